The van der Waals surface area contributed by atoms with Gasteiger partial charge in [-0.3, -0.25) is 4.79 Å². The molecule has 1 unspecified atom stereocenters. The molecular weight excluding hydrogens is 355 g/mol. The van der Waals surface area contributed by atoms with Crippen LogP contribution in [0.5, 0.6) is 0 Å². The Kier molecular flexibility index (Phi) is 5.63. The Hall–Kier alpha value is -1.03. The molecule has 112 valence electrons. The Morgan fingerprint density at radius 1 is 1.55 bits per heavy atom. The van der Waals surface area contributed by atoms with Crippen molar-refractivity contribution in [3.05, 3.63) is 28.0 Å². The highest BCUT2D eigenvalue weighted by Crippen LogP contribution is 2.23. The number of primary sulfonamides is 1. The van der Waals surface area contributed by atoms with Crippen molar-refractivity contribution >= 4 is 31.9 Å². The van der Waals surface area contributed by atoms with Crippen LogP contribution in [0.4, 0.5) is 4.39 Å². The van der Waals surface area contributed by atoms with Gasteiger partial charge in [0.25, 0.3) is 5.91 Å². The maximum Gasteiger partial charge on any atom is 0.254 e. The summed E-state index contributed by atoms with van der Waals surface area (Å²) >= 11 is 3.01. The first-order valence-electron chi connectivity index (χ1n) is 5.49. The summed E-state index contributed by atoms with van der Waals surface area (Å²) in [5.41, 5.74) is -0.410. The Bertz CT molecular complexity index is 621. The van der Waals surface area contributed by atoms with E-state index in [1.807, 2.05) is 0 Å². The van der Waals surface area contributed by atoms with Gasteiger partial charge in [0.05, 0.1) is 11.7 Å². The molecular formula is C11H14BrFN2O4S. The fourth-order valence-corrected chi connectivity index (χ4v) is 2.61. The topological polar surface area (TPSA) is 98.5 Å². The Morgan fingerprint density at radius 2 is 2.15 bits per heavy atom. The molecule has 0 radical (unpaired) electrons. The van der Waals surface area contributed by atoms with Crippen molar-refractivity contribution in [1.82, 2.24) is 5.32 Å². The van der Waals surface area contributed by atoms with Crippen LogP contribution in [0.15, 0.2) is 21.5 Å². The van der Waals surface area contributed by atoms with Gasteiger partial charge in [-0.05, 0) is 19.1 Å². The molecule has 1 aromatic rings. The third-order valence-corrected chi connectivity index (χ3v) is 3.88. The lowest BCUT2D eigenvalue weighted by atomic mass is 10.2. The van der Waals surface area contributed by atoms with Crippen molar-refractivity contribution in [2.24, 2.45) is 5.14 Å². The molecule has 3 N–H and O–H groups in total. The quantitative estimate of drug-likeness (QED) is 0.809. The second-order valence-corrected chi connectivity index (χ2v) is 6.51. The Balaban J connectivity index is 3.13. The fraction of sp³-hybridized carbons (Fsp3) is 0.364. The average molecular weight is 369 g/mol. The molecule has 1 amide bonds. The van der Waals surface area contributed by atoms with E-state index in [0.717, 1.165) is 6.07 Å². The average Bonchev–Trinajstić information content (AvgIpc) is 2.36. The summed E-state index contributed by atoms with van der Waals surface area (Å²) in [4.78, 5) is 11.1. The van der Waals surface area contributed by atoms with E-state index < -0.39 is 32.2 Å². The van der Waals surface area contributed by atoms with Crippen LogP contribution in [0.1, 0.15) is 17.3 Å². The molecule has 20 heavy (non-hydrogen) atoms. The van der Waals surface area contributed by atoms with E-state index in [4.69, 9.17) is 9.88 Å². The second-order valence-electron chi connectivity index (χ2n) is 4.07. The first-order valence-corrected chi connectivity index (χ1v) is 7.83. The zero-order valence-electron chi connectivity index (χ0n) is 10.8. The van der Waals surface area contributed by atoms with E-state index >= 15 is 0 Å². The number of sulfonamides is 1. The number of benzene rings is 1. The summed E-state index contributed by atoms with van der Waals surface area (Å²) < 4.78 is 41.7. The highest BCUT2D eigenvalue weighted by molar-refractivity contribution is 9.10. The van der Waals surface area contributed by atoms with E-state index in [2.05, 4.69) is 21.2 Å². The molecule has 1 aromatic carbocycles. The SMILES string of the molecule is COC(C)CNC(=O)c1cc(Br)cc(S(N)(=O)=O)c1F. The van der Waals surface area contributed by atoms with Crippen LogP contribution >= 0.6 is 15.9 Å². The standard InChI is InChI=1S/C11H14BrFN2O4S/c1-6(19-2)5-15-11(16)8-3-7(12)4-9(10(8)13)20(14,17)18/h3-4,6H,5H2,1-2H3,(H,15,16)(H2,14,17,18). The van der Waals surface area contributed by atoms with Crippen molar-refractivity contribution in [2.45, 2.75) is 17.9 Å². The third kappa shape index (κ3) is 4.23. The van der Waals surface area contributed by atoms with Gasteiger partial charge in [-0.2, -0.15) is 0 Å². The number of hydrogen-bond donors (Lipinski definition) is 2. The molecule has 6 nitrogen and oxygen atoms in total. The van der Waals surface area contributed by atoms with Crippen LogP contribution in [-0.2, 0) is 14.8 Å². The minimum absolute atomic E-state index is 0.159. The molecule has 0 aliphatic carbocycles. The van der Waals surface area contributed by atoms with Crippen molar-refractivity contribution in [2.75, 3.05) is 13.7 Å². The van der Waals surface area contributed by atoms with Crippen molar-refractivity contribution in [3.63, 3.8) is 0 Å². The van der Waals surface area contributed by atoms with Gasteiger partial charge in [-0.1, -0.05) is 15.9 Å². The van der Waals surface area contributed by atoms with Crippen LogP contribution in [-0.4, -0.2) is 34.1 Å². The van der Waals surface area contributed by atoms with Gasteiger partial charge < -0.3 is 10.1 Å². The normalized spacial score (nSPS) is 13.1. The van der Waals surface area contributed by atoms with Crippen molar-refractivity contribution in [3.8, 4) is 0 Å². The summed E-state index contributed by atoms with van der Waals surface area (Å²) in [6.07, 6.45) is -0.258. The number of hydrogen-bond acceptors (Lipinski definition) is 4. The highest BCUT2D eigenvalue weighted by atomic mass is 79.9. The Labute approximate surface area is 124 Å². The van der Waals surface area contributed by atoms with Crippen molar-refractivity contribution < 1.29 is 22.3 Å². The number of halogens is 2. The second kappa shape index (κ2) is 6.61. The number of nitrogens with one attached hydrogen (secondary N) is 1. The first-order chi connectivity index (χ1) is 9.16. The number of amides is 1. The summed E-state index contributed by atoms with van der Waals surface area (Å²) in [6.45, 7) is 1.87. The minimum atomic E-state index is -4.26. The fourth-order valence-electron chi connectivity index (χ4n) is 1.35. The summed E-state index contributed by atoms with van der Waals surface area (Å²) in [5.74, 6) is -1.93. The molecule has 1 atom stereocenters. The zero-order chi connectivity index (χ0) is 15.5. The molecule has 0 fully saturated rings. The first kappa shape index (κ1) is 17.0. The highest BCUT2D eigenvalue weighted by Gasteiger charge is 2.22. The zero-order valence-corrected chi connectivity index (χ0v) is 13.2. The van der Waals surface area contributed by atoms with Crippen LogP contribution in [0, 0.1) is 5.82 Å². The van der Waals surface area contributed by atoms with E-state index in [1.54, 1.807) is 6.92 Å². The lowest BCUT2D eigenvalue weighted by Crippen LogP contribution is -2.32. The smallest absolute Gasteiger partial charge is 0.254 e. The number of nitrogens with two attached hydrogens (primary N) is 1. The molecule has 0 saturated carbocycles. The van der Waals surface area contributed by atoms with Crippen LogP contribution in [0.25, 0.3) is 0 Å². The number of methoxy groups -OCH3 is 1. The lowest BCUT2D eigenvalue weighted by molar-refractivity contribution is 0.0866. The van der Waals surface area contributed by atoms with Crippen LogP contribution in [0.3, 0.4) is 0 Å². The van der Waals surface area contributed by atoms with Gasteiger partial charge in [0, 0.05) is 18.1 Å². The van der Waals surface area contributed by atoms with Gasteiger partial charge in [0.15, 0.2) is 5.82 Å². The van der Waals surface area contributed by atoms with E-state index in [0.29, 0.717) is 0 Å². The van der Waals surface area contributed by atoms with E-state index in [9.17, 15) is 17.6 Å². The molecule has 0 aromatic heterocycles. The number of carbonyl (C=O) groups excluding carboxylic acids is 1. The predicted molar refractivity (Wildman–Crippen MR) is 74.3 cm³/mol. The van der Waals surface area contributed by atoms with Gasteiger partial charge >= 0.3 is 0 Å². The summed E-state index contributed by atoms with van der Waals surface area (Å²) in [5, 5.41) is 7.33. The third-order valence-electron chi connectivity index (χ3n) is 2.51. The van der Waals surface area contributed by atoms with Crippen molar-refractivity contribution in [1.29, 1.82) is 0 Å². The molecule has 0 bridgehead atoms. The maximum absolute atomic E-state index is 14.0. The maximum atomic E-state index is 14.0. The molecule has 1 rings (SSSR count). The van der Waals surface area contributed by atoms with E-state index in [-0.39, 0.29) is 17.1 Å². The van der Waals surface area contributed by atoms with Crippen LogP contribution < -0.4 is 10.5 Å². The van der Waals surface area contributed by atoms with Gasteiger partial charge in [0.1, 0.15) is 4.90 Å². The monoisotopic (exact) mass is 368 g/mol. The summed E-state index contributed by atoms with van der Waals surface area (Å²) in [6, 6.07) is 2.18. The number of carbonyl (C=O) groups is 1. The molecule has 0 aliphatic rings. The van der Waals surface area contributed by atoms with Gasteiger partial charge in [-0.25, -0.2) is 17.9 Å². The molecule has 0 heterocycles. The van der Waals surface area contributed by atoms with Gasteiger partial charge in [0.2, 0.25) is 10.0 Å². The van der Waals surface area contributed by atoms with E-state index in [1.165, 1.54) is 13.2 Å². The van der Waals surface area contributed by atoms with Crippen LogP contribution in [0.2, 0.25) is 0 Å². The van der Waals surface area contributed by atoms with Gasteiger partial charge in [-0.15, -0.1) is 0 Å². The molecule has 0 aliphatic heterocycles. The molecule has 0 saturated heterocycles. The summed E-state index contributed by atoms with van der Waals surface area (Å²) in [7, 11) is -2.79. The number of ether oxygens (including phenoxy) is 1. The molecule has 0 spiro atoms. The lowest BCUT2D eigenvalue weighted by Gasteiger charge is -2.12. The number of rotatable bonds is 5. The molecule has 9 heteroatoms. The predicted octanol–water partition coefficient (Wildman–Crippen LogP) is 1.00. The Morgan fingerprint density at radius 3 is 2.65 bits per heavy atom. The minimum Gasteiger partial charge on any atom is -0.380 e. The largest absolute Gasteiger partial charge is 0.380 e.